The molecule has 0 aliphatic rings. The smallest absolute Gasteiger partial charge is 0.251 e. The van der Waals surface area contributed by atoms with Crippen molar-refractivity contribution in [1.82, 2.24) is 10.6 Å². The number of rotatable bonds is 6. The van der Waals surface area contributed by atoms with Crippen LogP contribution in [-0.2, 0) is 11.3 Å². The van der Waals surface area contributed by atoms with Gasteiger partial charge in [-0.3, -0.25) is 9.59 Å². The van der Waals surface area contributed by atoms with Crippen LogP contribution in [0.5, 0.6) is 0 Å². The fourth-order valence-electron chi connectivity index (χ4n) is 1.72. The summed E-state index contributed by atoms with van der Waals surface area (Å²) in [5.41, 5.74) is 1.05. The van der Waals surface area contributed by atoms with Gasteiger partial charge in [-0.15, -0.1) is 0 Å². The van der Waals surface area contributed by atoms with Crippen molar-refractivity contribution in [2.24, 2.45) is 0 Å². The number of hydrogen-bond donors (Lipinski definition) is 3. The number of aliphatic hydroxyl groups excluding tert-OH is 1. The minimum absolute atomic E-state index is 0.0307. The largest absolute Gasteiger partial charge is 0.396 e. The number of benzene rings is 1. The molecule has 0 spiro atoms. The molecular formula is C15H22N2O3. The first kappa shape index (κ1) is 16.2. The highest BCUT2D eigenvalue weighted by Crippen LogP contribution is 2.10. The average molecular weight is 278 g/mol. The second-order valence-corrected chi connectivity index (χ2v) is 5.42. The lowest BCUT2D eigenvalue weighted by molar-refractivity contribution is -0.119. The van der Waals surface area contributed by atoms with E-state index in [1.165, 1.54) is 6.92 Å². The van der Waals surface area contributed by atoms with E-state index < -0.39 is 5.54 Å². The summed E-state index contributed by atoms with van der Waals surface area (Å²) in [5, 5.41) is 14.5. The Balaban J connectivity index is 2.63. The molecule has 0 aromatic heterocycles. The van der Waals surface area contributed by atoms with Gasteiger partial charge in [0, 0.05) is 31.2 Å². The van der Waals surface area contributed by atoms with Gasteiger partial charge in [-0.25, -0.2) is 0 Å². The summed E-state index contributed by atoms with van der Waals surface area (Å²) in [6, 6.07) is 7.07. The molecule has 0 aliphatic carbocycles. The molecule has 1 rings (SSSR count). The van der Waals surface area contributed by atoms with Crippen LogP contribution in [0.15, 0.2) is 24.3 Å². The Morgan fingerprint density at radius 3 is 2.30 bits per heavy atom. The van der Waals surface area contributed by atoms with Crippen molar-refractivity contribution in [2.75, 3.05) is 6.61 Å². The van der Waals surface area contributed by atoms with Gasteiger partial charge in [0.15, 0.2) is 0 Å². The Morgan fingerprint density at radius 1 is 1.20 bits per heavy atom. The molecule has 5 heteroatoms. The van der Waals surface area contributed by atoms with Crippen molar-refractivity contribution in [2.45, 2.75) is 39.3 Å². The summed E-state index contributed by atoms with van der Waals surface area (Å²) < 4.78 is 0. The second kappa shape index (κ2) is 7.05. The molecule has 20 heavy (non-hydrogen) atoms. The molecule has 5 nitrogen and oxygen atoms in total. The van der Waals surface area contributed by atoms with Crippen LogP contribution >= 0.6 is 0 Å². The number of aliphatic hydroxyl groups is 1. The van der Waals surface area contributed by atoms with Crippen LogP contribution in [0.1, 0.15) is 43.1 Å². The highest BCUT2D eigenvalue weighted by atomic mass is 16.3. The molecule has 110 valence electrons. The number of amides is 2. The number of carbonyl (C=O) groups excluding carboxylic acids is 2. The summed E-state index contributed by atoms with van der Waals surface area (Å²) in [6.07, 6.45) is 0.499. The zero-order valence-corrected chi connectivity index (χ0v) is 12.2. The molecule has 0 heterocycles. The molecule has 1 aromatic rings. The lowest BCUT2D eigenvalue weighted by atomic mass is 10.0. The van der Waals surface area contributed by atoms with Gasteiger partial charge in [0.25, 0.3) is 5.91 Å². The quantitative estimate of drug-likeness (QED) is 0.732. The van der Waals surface area contributed by atoms with Gasteiger partial charge in [-0.05, 0) is 38.0 Å². The van der Waals surface area contributed by atoms with E-state index in [1.54, 1.807) is 12.1 Å². The molecule has 0 atom stereocenters. The highest BCUT2D eigenvalue weighted by molar-refractivity contribution is 5.94. The number of nitrogens with one attached hydrogen (secondary N) is 2. The predicted octanol–water partition coefficient (Wildman–Crippen LogP) is 1.21. The summed E-state index contributed by atoms with van der Waals surface area (Å²) in [4.78, 5) is 22.9. The third-order valence-electron chi connectivity index (χ3n) is 2.95. The molecule has 0 bridgehead atoms. The van der Waals surface area contributed by atoms with Gasteiger partial charge < -0.3 is 15.7 Å². The van der Waals surface area contributed by atoms with Crippen LogP contribution < -0.4 is 10.6 Å². The van der Waals surface area contributed by atoms with Crippen LogP contribution in [0.2, 0.25) is 0 Å². The Hall–Kier alpha value is -1.88. The van der Waals surface area contributed by atoms with Crippen molar-refractivity contribution in [3.63, 3.8) is 0 Å². The van der Waals surface area contributed by atoms with Gasteiger partial charge in [-0.2, -0.15) is 0 Å². The Bertz CT molecular complexity index is 467. The molecular weight excluding hydrogens is 256 g/mol. The van der Waals surface area contributed by atoms with Crippen LogP contribution in [0, 0.1) is 0 Å². The Kier molecular flexibility index (Phi) is 5.70. The predicted molar refractivity (Wildman–Crippen MR) is 77.2 cm³/mol. The number of carbonyl (C=O) groups is 2. The number of hydrogen-bond acceptors (Lipinski definition) is 3. The third-order valence-corrected chi connectivity index (χ3v) is 2.95. The van der Waals surface area contributed by atoms with E-state index in [0.717, 1.165) is 5.56 Å². The SMILES string of the molecule is CC(=O)NCc1ccc(C(=O)NC(C)(C)CCO)cc1. The maximum atomic E-state index is 12.1. The first-order valence-electron chi connectivity index (χ1n) is 6.61. The molecule has 2 amide bonds. The molecule has 0 saturated carbocycles. The van der Waals surface area contributed by atoms with Crippen LogP contribution in [-0.4, -0.2) is 29.1 Å². The van der Waals surface area contributed by atoms with Gasteiger partial charge in [0.05, 0.1) is 0 Å². The molecule has 0 aliphatic heterocycles. The Labute approximate surface area is 119 Å². The van der Waals surface area contributed by atoms with Crippen LogP contribution in [0.25, 0.3) is 0 Å². The first-order valence-corrected chi connectivity index (χ1v) is 6.61. The fourth-order valence-corrected chi connectivity index (χ4v) is 1.72. The molecule has 1 aromatic carbocycles. The van der Waals surface area contributed by atoms with Crippen molar-refractivity contribution >= 4 is 11.8 Å². The lowest BCUT2D eigenvalue weighted by Gasteiger charge is -2.25. The maximum Gasteiger partial charge on any atom is 0.251 e. The maximum absolute atomic E-state index is 12.1. The average Bonchev–Trinajstić information content (AvgIpc) is 2.36. The molecule has 3 N–H and O–H groups in total. The fraction of sp³-hybridized carbons (Fsp3) is 0.467. The van der Waals surface area contributed by atoms with Gasteiger partial charge in [0.1, 0.15) is 0 Å². The van der Waals surface area contributed by atoms with E-state index in [1.807, 2.05) is 26.0 Å². The van der Waals surface area contributed by atoms with E-state index in [9.17, 15) is 9.59 Å². The van der Waals surface area contributed by atoms with Crippen LogP contribution in [0.4, 0.5) is 0 Å². The molecule has 0 unspecified atom stereocenters. The van der Waals surface area contributed by atoms with E-state index in [4.69, 9.17) is 5.11 Å². The van der Waals surface area contributed by atoms with E-state index in [2.05, 4.69) is 10.6 Å². The normalized spacial score (nSPS) is 11.0. The van der Waals surface area contributed by atoms with Crippen LogP contribution in [0.3, 0.4) is 0 Å². The molecule has 0 fully saturated rings. The summed E-state index contributed by atoms with van der Waals surface area (Å²) in [6.45, 7) is 5.68. The Morgan fingerprint density at radius 2 is 1.80 bits per heavy atom. The van der Waals surface area contributed by atoms with Gasteiger partial charge >= 0.3 is 0 Å². The summed E-state index contributed by atoms with van der Waals surface area (Å²) in [5.74, 6) is -0.257. The molecule has 0 saturated heterocycles. The minimum atomic E-state index is -0.444. The van der Waals surface area contributed by atoms with Crippen molar-refractivity contribution < 1.29 is 14.7 Å². The van der Waals surface area contributed by atoms with Crippen molar-refractivity contribution in [3.05, 3.63) is 35.4 Å². The van der Waals surface area contributed by atoms with Gasteiger partial charge in [-0.1, -0.05) is 12.1 Å². The van der Waals surface area contributed by atoms with Crippen molar-refractivity contribution in [1.29, 1.82) is 0 Å². The first-order chi connectivity index (χ1) is 9.34. The van der Waals surface area contributed by atoms with Gasteiger partial charge in [0.2, 0.25) is 5.91 Å². The topological polar surface area (TPSA) is 78.4 Å². The molecule has 0 radical (unpaired) electrons. The third kappa shape index (κ3) is 5.40. The summed E-state index contributed by atoms with van der Waals surface area (Å²) in [7, 11) is 0. The minimum Gasteiger partial charge on any atom is -0.396 e. The monoisotopic (exact) mass is 278 g/mol. The van der Waals surface area contributed by atoms with E-state index in [-0.39, 0.29) is 18.4 Å². The standard InChI is InChI=1S/C15H22N2O3/c1-11(19)16-10-12-4-6-13(7-5-12)14(20)17-15(2,3)8-9-18/h4-7,18H,8-10H2,1-3H3,(H,16,19)(H,17,20). The van der Waals surface area contributed by atoms with E-state index in [0.29, 0.717) is 18.5 Å². The zero-order valence-electron chi connectivity index (χ0n) is 12.2. The second-order valence-electron chi connectivity index (χ2n) is 5.42. The highest BCUT2D eigenvalue weighted by Gasteiger charge is 2.20. The lowest BCUT2D eigenvalue weighted by Crippen LogP contribution is -2.44. The van der Waals surface area contributed by atoms with Crippen molar-refractivity contribution in [3.8, 4) is 0 Å². The summed E-state index contributed by atoms with van der Waals surface area (Å²) >= 11 is 0. The van der Waals surface area contributed by atoms with E-state index >= 15 is 0 Å². The zero-order chi connectivity index (χ0) is 15.2.